The lowest BCUT2D eigenvalue weighted by molar-refractivity contribution is 0.102. The lowest BCUT2D eigenvalue weighted by atomic mass is 10.1. The van der Waals surface area contributed by atoms with Gasteiger partial charge in [0.25, 0.3) is 5.91 Å². The molecule has 4 rings (SSSR count). The third-order valence-corrected chi connectivity index (χ3v) is 5.25. The van der Waals surface area contributed by atoms with E-state index in [1.807, 2.05) is 41.5 Å². The third kappa shape index (κ3) is 4.04. The minimum atomic E-state index is -0.250. The largest absolute Gasteiger partial charge is 0.322 e. The molecule has 1 amide bonds. The van der Waals surface area contributed by atoms with Crippen LogP contribution >= 0.6 is 11.3 Å². The quantitative estimate of drug-likeness (QED) is 0.473. The van der Waals surface area contributed by atoms with E-state index in [2.05, 4.69) is 21.4 Å². The molecule has 2 aromatic heterocycles. The van der Waals surface area contributed by atoms with Crippen molar-refractivity contribution in [1.29, 1.82) is 5.26 Å². The predicted octanol–water partition coefficient (Wildman–Crippen LogP) is 5.44. The van der Waals surface area contributed by atoms with E-state index in [4.69, 9.17) is 5.26 Å². The molecule has 0 atom stereocenters. The number of thiazole rings is 1. The number of aryl methyl sites for hydroxylation is 1. The van der Waals surface area contributed by atoms with Crippen molar-refractivity contribution in [3.63, 3.8) is 0 Å². The Bertz CT molecular complexity index is 1220. The van der Waals surface area contributed by atoms with Gasteiger partial charge in [0, 0.05) is 35.2 Å². The smallest absolute Gasteiger partial charge is 0.255 e. The first-order chi connectivity index (χ1) is 14.7. The number of nitrogens with zero attached hydrogens (tertiary/aromatic N) is 4. The highest BCUT2D eigenvalue weighted by molar-refractivity contribution is 7.13. The number of anilines is 4. The molecular formula is C23H17N5OS. The first-order valence-corrected chi connectivity index (χ1v) is 10.1. The summed E-state index contributed by atoms with van der Waals surface area (Å²) in [5.41, 5.74) is 4.34. The molecule has 4 aromatic rings. The summed E-state index contributed by atoms with van der Waals surface area (Å²) in [6.07, 6.45) is 5.20. The number of nitrogens with one attached hydrogen (secondary N) is 1. The van der Waals surface area contributed by atoms with E-state index >= 15 is 0 Å². The van der Waals surface area contributed by atoms with Crippen LogP contribution in [0.25, 0.3) is 0 Å². The Morgan fingerprint density at radius 2 is 1.93 bits per heavy atom. The van der Waals surface area contributed by atoms with Gasteiger partial charge in [-0.05, 0) is 55.0 Å². The Labute approximate surface area is 178 Å². The van der Waals surface area contributed by atoms with E-state index in [9.17, 15) is 4.79 Å². The average molecular weight is 411 g/mol. The van der Waals surface area contributed by atoms with Crippen molar-refractivity contribution >= 4 is 39.4 Å². The van der Waals surface area contributed by atoms with Gasteiger partial charge in [-0.2, -0.15) is 5.26 Å². The molecule has 146 valence electrons. The van der Waals surface area contributed by atoms with Gasteiger partial charge in [0.1, 0.15) is 0 Å². The van der Waals surface area contributed by atoms with Gasteiger partial charge in [0.2, 0.25) is 0 Å². The summed E-state index contributed by atoms with van der Waals surface area (Å²) in [5.74, 6) is -0.250. The van der Waals surface area contributed by atoms with E-state index in [0.29, 0.717) is 16.8 Å². The number of amides is 1. The second kappa shape index (κ2) is 8.55. The Balaban J connectivity index is 1.71. The Hall–Kier alpha value is -4.02. The molecule has 0 fully saturated rings. The predicted molar refractivity (Wildman–Crippen MR) is 118 cm³/mol. The van der Waals surface area contributed by atoms with E-state index in [-0.39, 0.29) is 5.91 Å². The number of nitriles is 1. The summed E-state index contributed by atoms with van der Waals surface area (Å²) in [5, 5.41) is 14.6. The second-order valence-corrected chi connectivity index (χ2v) is 7.38. The molecule has 0 aliphatic carbocycles. The van der Waals surface area contributed by atoms with Gasteiger partial charge in [-0.15, -0.1) is 11.3 Å². The number of benzene rings is 2. The zero-order chi connectivity index (χ0) is 20.9. The first-order valence-electron chi connectivity index (χ1n) is 9.17. The van der Waals surface area contributed by atoms with Crippen LogP contribution in [0.5, 0.6) is 0 Å². The molecule has 2 heterocycles. The maximum atomic E-state index is 12.9. The summed E-state index contributed by atoms with van der Waals surface area (Å²) >= 11 is 1.51. The minimum absolute atomic E-state index is 0.250. The highest BCUT2D eigenvalue weighted by atomic mass is 32.1. The molecule has 0 saturated carbocycles. The van der Waals surface area contributed by atoms with E-state index in [1.165, 1.54) is 11.3 Å². The third-order valence-electron chi connectivity index (χ3n) is 4.49. The second-order valence-electron chi connectivity index (χ2n) is 6.50. The van der Waals surface area contributed by atoms with Gasteiger partial charge in [-0.1, -0.05) is 12.1 Å². The lowest BCUT2D eigenvalue weighted by Gasteiger charge is -2.24. The van der Waals surface area contributed by atoms with E-state index < -0.39 is 0 Å². The highest BCUT2D eigenvalue weighted by Gasteiger charge is 2.18. The summed E-state index contributed by atoms with van der Waals surface area (Å²) in [6, 6.07) is 18.3. The number of carbonyl (C=O) groups excluding carboxylic acids is 1. The highest BCUT2D eigenvalue weighted by Crippen LogP contribution is 2.37. The summed E-state index contributed by atoms with van der Waals surface area (Å²) in [4.78, 5) is 23.5. The molecular weight excluding hydrogens is 394 g/mol. The first kappa shape index (κ1) is 19.3. The van der Waals surface area contributed by atoms with Crippen LogP contribution < -0.4 is 10.2 Å². The van der Waals surface area contributed by atoms with Crippen LogP contribution in [-0.2, 0) is 0 Å². The van der Waals surface area contributed by atoms with Crippen LogP contribution in [0.1, 0.15) is 21.5 Å². The zero-order valence-electron chi connectivity index (χ0n) is 16.1. The van der Waals surface area contributed by atoms with Crippen molar-refractivity contribution in [2.24, 2.45) is 0 Å². The summed E-state index contributed by atoms with van der Waals surface area (Å²) < 4.78 is 0. The van der Waals surface area contributed by atoms with Crippen molar-refractivity contribution in [2.45, 2.75) is 6.92 Å². The molecule has 0 aliphatic heterocycles. The number of aromatic nitrogens is 2. The topological polar surface area (TPSA) is 81.9 Å². The van der Waals surface area contributed by atoms with Crippen molar-refractivity contribution < 1.29 is 4.79 Å². The molecule has 0 spiro atoms. The van der Waals surface area contributed by atoms with Gasteiger partial charge in [0.15, 0.2) is 5.13 Å². The minimum Gasteiger partial charge on any atom is -0.322 e. The van der Waals surface area contributed by atoms with Gasteiger partial charge in [-0.3, -0.25) is 14.7 Å². The monoisotopic (exact) mass is 411 g/mol. The molecule has 0 unspecified atom stereocenters. The molecule has 0 radical (unpaired) electrons. The normalized spacial score (nSPS) is 10.3. The van der Waals surface area contributed by atoms with E-state index in [1.54, 1.807) is 48.9 Å². The van der Waals surface area contributed by atoms with Crippen molar-refractivity contribution in [3.05, 3.63) is 95.3 Å². The fourth-order valence-corrected chi connectivity index (χ4v) is 3.71. The van der Waals surface area contributed by atoms with Crippen LogP contribution in [0.3, 0.4) is 0 Å². The Morgan fingerprint density at radius 3 is 2.67 bits per heavy atom. The molecule has 7 heteroatoms. The number of hydrogen-bond acceptors (Lipinski definition) is 6. The van der Waals surface area contributed by atoms with Crippen LogP contribution in [0.4, 0.5) is 22.2 Å². The molecule has 6 nitrogen and oxygen atoms in total. The fraction of sp³-hybridized carbons (Fsp3) is 0.0435. The summed E-state index contributed by atoms with van der Waals surface area (Å²) in [6.45, 7) is 2.00. The molecule has 0 aliphatic rings. The maximum Gasteiger partial charge on any atom is 0.255 e. The average Bonchev–Trinajstić information content (AvgIpc) is 3.30. The SMILES string of the molecule is Cc1ccc(C(=O)Nc2cccc(C#N)c2)cc1N(c1ccncc1)c1nccs1. The molecule has 0 saturated heterocycles. The number of rotatable bonds is 5. The summed E-state index contributed by atoms with van der Waals surface area (Å²) in [7, 11) is 0. The maximum absolute atomic E-state index is 12.9. The van der Waals surface area contributed by atoms with Crippen molar-refractivity contribution in [1.82, 2.24) is 9.97 Å². The number of hydrogen-bond donors (Lipinski definition) is 1. The fourth-order valence-electron chi connectivity index (χ4n) is 3.03. The van der Waals surface area contributed by atoms with Crippen molar-refractivity contribution in [2.75, 3.05) is 10.2 Å². The molecule has 1 N–H and O–H groups in total. The van der Waals surface area contributed by atoms with Crippen LogP contribution in [0, 0.1) is 18.3 Å². The number of carbonyl (C=O) groups is 1. The lowest BCUT2D eigenvalue weighted by Crippen LogP contribution is -2.15. The molecule has 2 aromatic carbocycles. The zero-order valence-corrected chi connectivity index (χ0v) is 16.9. The van der Waals surface area contributed by atoms with Crippen LogP contribution in [0.2, 0.25) is 0 Å². The molecule has 0 bridgehead atoms. The Morgan fingerprint density at radius 1 is 1.10 bits per heavy atom. The van der Waals surface area contributed by atoms with Gasteiger partial charge < -0.3 is 5.32 Å². The Kier molecular flexibility index (Phi) is 5.50. The van der Waals surface area contributed by atoms with Crippen LogP contribution in [0.15, 0.2) is 78.6 Å². The van der Waals surface area contributed by atoms with Gasteiger partial charge in [-0.25, -0.2) is 4.98 Å². The van der Waals surface area contributed by atoms with Crippen molar-refractivity contribution in [3.8, 4) is 6.07 Å². The number of pyridine rings is 1. The van der Waals surface area contributed by atoms with Crippen LogP contribution in [-0.4, -0.2) is 15.9 Å². The molecule has 30 heavy (non-hydrogen) atoms. The van der Waals surface area contributed by atoms with E-state index in [0.717, 1.165) is 22.1 Å². The van der Waals surface area contributed by atoms with Gasteiger partial charge in [0.05, 0.1) is 23.0 Å². The standard InChI is InChI=1S/C23H17N5OS/c1-16-5-6-18(22(29)27-19-4-2-3-17(13-19)15-24)14-21(16)28(23-26-11-12-30-23)20-7-9-25-10-8-20/h2-14H,1H3,(H,27,29). The van der Waals surface area contributed by atoms with Gasteiger partial charge >= 0.3 is 0 Å².